The van der Waals surface area contributed by atoms with Crippen LogP contribution < -0.4 is 4.74 Å². The van der Waals surface area contributed by atoms with Crippen molar-refractivity contribution in [3.63, 3.8) is 0 Å². The predicted octanol–water partition coefficient (Wildman–Crippen LogP) is 4.70. The molecule has 0 bridgehead atoms. The van der Waals surface area contributed by atoms with Crippen molar-refractivity contribution < 1.29 is 36.2 Å². The average molecular weight is 559 g/mol. The normalized spacial score (nSPS) is 14.4. The molecule has 4 aromatic rings. The van der Waals surface area contributed by atoms with Gasteiger partial charge in [-0.3, -0.25) is 4.57 Å². The number of halogens is 6. The number of nitrogens with zero attached hydrogens (tertiary/aromatic N) is 6. The van der Waals surface area contributed by atoms with Crippen molar-refractivity contribution in [3.8, 4) is 11.4 Å². The number of alkyl halides is 4. The second-order valence-corrected chi connectivity index (χ2v) is 8.75. The first kappa shape index (κ1) is 27.3. The first-order valence-electron chi connectivity index (χ1n) is 11.0. The Morgan fingerprint density at radius 1 is 1.05 bits per heavy atom. The molecule has 0 saturated carbocycles. The van der Waals surface area contributed by atoms with Crippen molar-refractivity contribution in [1.82, 2.24) is 29.1 Å². The summed E-state index contributed by atoms with van der Waals surface area (Å²) in [7, 11) is 0. The number of rotatable bonds is 10. The van der Waals surface area contributed by atoms with Gasteiger partial charge in [0.15, 0.2) is 6.61 Å². The fourth-order valence-corrected chi connectivity index (χ4v) is 4.11. The van der Waals surface area contributed by atoms with E-state index in [1.54, 1.807) is 0 Å². The van der Waals surface area contributed by atoms with E-state index in [1.807, 2.05) is 0 Å². The van der Waals surface area contributed by atoms with Gasteiger partial charge in [0.1, 0.15) is 42.0 Å². The minimum absolute atomic E-state index is 0.0648. The molecule has 0 aliphatic heterocycles. The van der Waals surface area contributed by atoms with Crippen LogP contribution in [-0.2, 0) is 12.1 Å². The molecule has 0 aliphatic rings. The first-order chi connectivity index (χ1) is 17.9. The van der Waals surface area contributed by atoms with Crippen molar-refractivity contribution in [2.24, 2.45) is 0 Å². The summed E-state index contributed by atoms with van der Waals surface area (Å²) >= 11 is 5.52. The molecule has 2 heterocycles. The van der Waals surface area contributed by atoms with Crippen LogP contribution in [0.1, 0.15) is 18.5 Å². The van der Waals surface area contributed by atoms with Gasteiger partial charge in [-0.05, 0) is 49.5 Å². The van der Waals surface area contributed by atoms with E-state index in [1.165, 1.54) is 64.1 Å². The molecular formula is C23H20F6N6O2S. The van der Waals surface area contributed by atoms with E-state index < -0.39 is 42.2 Å². The van der Waals surface area contributed by atoms with E-state index in [9.17, 15) is 31.4 Å². The van der Waals surface area contributed by atoms with E-state index in [-0.39, 0.29) is 22.6 Å². The maximum absolute atomic E-state index is 14.8. The molecule has 8 nitrogen and oxygen atoms in total. The maximum Gasteiger partial charge on any atom is 0.340 e. The van der Waals surface area contributed by atoms with Crippen LogP contribution in [0, 0.1) is 16.4 Å². The Bertz CT molecular complexity index is 1440. The van der Waals surface area contributed by atoms with Crippen LogP contribution in [0.25, 0.3) is 5.69 Å². The lowest BCUT2D eigenvalue weighted by Crippen LogP contribution is -2.41. The second-order valence-electron chi connectivity index (χ2n) is 8.39. The third-order valence-corrected chi connectivity index (χ3v) is 6.27. The predicted molar refractivity (Wildman–Crippen MR) is 124 cm³/mol. The molecule has 2 aromatic carbocycles. The van der Waals surface area contributed by atoms with Crippen molar-refractivity contribution >= 4 is 12.2 Å². The van der Waals surface area contributed by atoms with Crippen LogP contribution in [0.2, 0.25) is 0 Å². The molecule has 0 unspecified atom stereocenters. The maximum atomic E-state index is 14.8. The molecule has 0 aliphatic carbocycles. The molecule has 0 saturated heterocycles. The van der Waals surface area contributed by atoms with Gasteiger partial charge in [-0.1, -0.05) is 6.07 Å². The molecule has 0 amide bonds. The van der Waals surface area contributed by atoms with Gasteiger partial charge in [0.2, 0.25) is 4.77 Å². The summed E-state index contributed by atoms with van der Waals surface area (Å²) in [5.74, 6) is -6.19. The van der Waals surface area contributed by atoms with Gasteiger partial charge < -0.3 is 9.84 Å². The highest BCUT2D eigenvalue weighted by Crippen LogP contribution is 2.37. The molecule has 38 heavy (non-hydrogen) atoms. The van der Waals surface area contributed by atoms with Gasteiger partial charge in [0, 0.05) is 17.3 Å². The average Bonchev–Trinajstić information content (AvgIpc) is 3.52. The zero-order valence-electron chi connectivity index (χ0n) is 19.6. The van der Waals surface area contributed by atoms with Crippen LogP contribution in [-0.4, -0.2) is 53.2 Å². The summed E-state index contributed by atoms with van der Waals surface area (Å²) in [6.07, 6.45) is 0.00237. The highest BCUT2D eigenvalue weighted by molar-refractivity contribution is 7.71. The molecule has 0 spiro atoms. The summed E-state index contributed by atoms with van der Waals surface area (Å²) < 4.78 is 88.1. The number of benzene rings is 2. The fourth-order valence-electron chi connectivity index (χ4n) is 3.75. The van der Waals surface area contributed by atoms with E-state index >= 15 is 0 Å². The SMILES string of the molecule is C[C@@H](n1ncn(-c2ccc(OCC(F)(F)C(F)F)cc2)c1=S)[C@](O)(Cn1cncn1)c1ccc(F)cc1F. The summed E-state index contributed by atoms with van der Waals surface area (Å²) in [5, 5.41) is 19.9. The molecule has 4 rings (SSSR count). The number of aromatic nitrogens is 6. The Kier molecular flexibility index (Phi) is 7.60. The largest absolute Gasteiger partial charge is 0.487 e. The third kappa shape index (κ3) is 5.43. The fraction of sp³-hybridized carbons (Fsp3) is 0.304. The molecule has 0 fully saturated rings. The van der Waals surface area contributed by atoms with E-state index in [4.69, 9.17) is 17.0 Å². The number of aliphatic hydroxyl groups is 1. The molecule has 1 N–H and O–H groups in total. The van der Waals surface area contributed by atoms with Gasteiger partial charge in [-0.25, -0.2) is 31.9 Å². The molecule has 2 aromatic heterocycles. The lowest BCUT2D eigenvalue weighted by atomic mass is 9.86. The zero-order valence-corrected chi connectivity index (χ0v) is 20.4. The molecule has 2 atom stereocenters. The number of ether oxygens (including phenoxy) is 1. The lowest BCUT2D eigenvalue weighted by Gasteiger charge is -2.34. The molecule has 202 valence electrons. The van der Waals surface area contributed by atoms with Crippen molar-refractivity contribution in [2.75, 3.05) is 6.61 Å². The Hall–Kier alpha value is -3.72. The summed E-state index contributed by atoms with van der Waals surface area (Å²) in [6, 6.07) is 7.20. The quantitative estimate of drug-likeness (QED) is 0.225. The van der Waals surface area contributed by atoms with Gasteiger partial charge in [-0.2, -0.15) is 19.0 Å². The Labute approximate surface area is 216 Å². The van der Waals surface area contributed by atoms with Crippen LogP contribution in [0.15, 0.2) is 61.4 Å². The monoisotopic (exact) mass is 558 g/mol. The minimum atomic E-state index is -4.30. The summed E-state index contributed by atoms with van der Waals surface area (Å²) in [6.45, 7) is -0.239. The van der Waals surface area contributed by atoms with Gasteiger partial charge in [0.05, 0.1) is 12.6 Å². The lowest BCUT2D eigenvalue weighted by molar-refractivity contribution is -0.148. The topological polar surface area (TPSA) is 82.9 Å². The molecular weight excluding hydrogens is 538 g/mol. The van der Waals surface area contributed by atoms with Crippen LogP contribution in [0.4, 0.5) is 26.3 Å². The van der Waals surface area contributed by atoms with Crippen molar-refractivity contribution in [3.05, 3.63) is 83.4 Å². The van der Waals surface area contributed by atoms with Crippen LogP contribution in [0.3, 0.4) is 0 Å². The molecule has 0 radical (unpaired) electrons. The summed E-state index contributed by atoms with van der Waals surface area (Å²) in [4.78, 5) is 3.82. The first-order valence-corrected chi connectivity index (χ1v) is 11.4. The second kappa shape index (κ2) is 10.6. The van der Waals surface area contributed by atoms with Gasteiger partial charge in [0.25, 0.3) is 0 Å². The standard InChI is InChI=1S/C23H20F6N6O2S/c1-14(22(36,9-33-12-30-11-31-33)18-7-2-15(24)8-19(18)25)35-21(38)34(13-32-35)16-3-5-17(6-4-16)37-10-23(28,29)20(26)27/h2-8,11-14,20,36H,9-10H2,1H3/t14-,22-/m1/s1. The van der Waals surface area contributed by atoms with Gasteiger partial charge in [-0.15, -0.1) is 0 Å². The third-order valence-electron chi connectivity index (χ3n) is 5.88. The van der Waals surface area contributed by atoms with E-state index in [2.05, 4.69) is 15.2 Å². The van der Waals surface area contributed by atoms with E-state index in [0.29, 0.717) is 11.8 Å². The van der Waals surface area contributed by atoms with Crippen LogP contribution >= 0.6 is 12.2 Å². The van der Waals surface area contributed by atoms with Crippen molar-refractivity contribution in [2.45, 2.75) is 37.5 Å². The number of hydrogen-bond acceptors (Lipinski definition) is 6. The summed E-state index contributed by atoms with van der Waals surface area (Å²) in [5.41, 5.74) is -1.83. The van der Waals surface area contributed by atoms with Crippen LogP contribution in [0.5, 0.6) is 5.75 Å². The Morgan fingerprint density at radius 2 is 1.76 bits per heavy atom. The van der Waals surface area contributed by atoms with Crippen molar-refractivity contribution in [1.29, 1.82) is 0 Å². The van der Waals surface area contributed by atoms with Gasteiger partial charge >= 0.3 is 12.3 Å². The minimum Gasteiger partial charge on any atom is -0.487 e. The van der Waals surface area contributed by atoms with E-state index in [0.717, 1.165) is 12.1 Å². The highest BCUT2D eigenvalue weighted by atomic mass is 32.1. The zero-order chi connectivity index (χ0) is 27.7. The number of hydrogen-bond donors (Lipinski definition) is 1. The molecule has 15 heteroatoms. The Balaban J connectivity index is 1.64. The smallest absolute Gasteiger partial charge is 0.340 e. The highest BCUT2D eigenvalue weighted by Gasteiger charge is 2.42. The Morgan fingerprint density at radius 3 is 2.37 bits per heavy atom.